The van der Waals surface area contributed by atoms with Crippen molar-refractivity contribution in [1.29, 1.82) is 0 Å². The molecule has 0 saturated heterocycles. The van der Waals surface area contributed by atoms with Gasteiger partial charge in [0.1, 0.15) is 10.8 Å². The first kappa shape index (κ1) is 18.2. The van der Waals surface area contributed by atoms with E-state index in [1.54, 1.807) is 0 Å². The van der Waals surface area contributed by atoms with E-state index in [4.69, 9.17) is 28.3 Å². The largest absolute Gasteiger partial charge is 0.369 e. The molecule has 2 heterocycles. The van der Waals surface area contributed by atoms with Crippen molar-refractivity contribution in [3.8, 4) is 0 Å². The van der Waals surface area contributed by atoms with E-state index < -0.39 is 0 Å². The number of benzene rings is 1. The van der Waals surface area contributed by atoms with Crippen LogP contribution in [0.15, 0.2) is 24.3 Å². The first-order valence-corrected chi connectivity index (χ1v) is 9.09. The Morgan fingerprint density at radius 1 is 1.26 bits per heavy atom. The first-order valence-electron chi connectivity index (χ1n) is 8.33. The maximum Gasteiger partial charge on any atom is 0.143 e. The number of aromatic nitrogens is 2. The first-order chi connectivity index (χ1) is 11.1. The second-order valence-corrected chi connectivity index (χ2v) is 6.47. The van der Waals surface area contributed by atoms with Crippen LogP contribution in [-0.4, -0.2) is 16.3 Å². The monoisotopic (exact) mass is 353 g/mol. The molecule has 1 aromatic heterocycles. The molecule has 2 aromatic rings. The van der Waals surface area contributed by atoms with Crippen molar-refractivity contribution >= 4 is 29.0 Å². The maximum atomic E-state index is 6.62. The Morgan fingerprint density at radius 3 is 2.57 bits per heavy atom. The summed E-state index contributed by atoms with van der Waals surface area (Å²) >= 11 is 13.0. The topological polar surface area (TPSA) is 29.9 Å². The number of nitrogens with one attached hydrogen (secondary N) is 1. The number of fused-ring (bicyclic) bond motifs is 1. The highest BCUT2D eigenvalue weighted by Gasteiger charge is 2.36. The molecule has 3 rings (SSSR count). The number of nitrogens with zero attached hydrogens (tertiary/aromatic N) is 2. The smallest absolute Gasteiger partial charge is 0.143 e. The lowest BCUT2D eigenvalue weighted by Gasteiger charge is -2.28. The molecule has 0 bridgehead atoms. The molecule has 0 fully saturated rings. The second kappa shape index (κ2) is 7.59. The summed E-state index contributed by atoms with van der Waals surface area (Å²) in [7, 11) is 0. The third-order valence-corrected chi connectivity index (χ3v) is 5.12. The van der Waals surface area contributed by atoms with Crippen molar-refractivity contribution < 1.29 is 0 Å². The fraction of sp³-hybridized carbons (Fsp3) is 0.500. The Morgan fingerprint density at radius 2 is 1.96 bits per heavy atom. The Kier molecular flexibility index (Phi) is 5.99. The molecule has 23 heavy (non-hydrogen) atoms. The van der Waals surface area contributed by atoms with Crippen LogP contribution in [-0.2, 0) is 12.0 Å². The maximum absolute atomic E-state index is 6.62. The number of hydrogen-bond acceptors (Lipinski definition) is 2. The minimum absolute atomic E-state index is 0.290. The van der Waals surface area contributed by atoms with Crippen molar-refractivity contribution in [2.75, 3.05) is 11.9 Å². The molecular weight excluding hydrogens is 329 g/mol. The minimum Gasteiger partial charge on any atom is -0.369 e. The number of anilines is 1. The van der Waals surface area contributed by atoms with Gasteiger partial charge in [-0.15, -0.1) is 0 Å². The van der Waals surface area contributed by atoms with Gasteiger partial charge < -0.3 is 5.32 Å². The zero-order valence-electron chi connectivity index (χ0n) is 14.3. The zero-order valence-corrected chi connectivity index (χ0v) is 15.8. The van der Waals surface area contributed by atoms with Crippen LogP contribution < -0.4 is 5.32 Å². The van der Waals surface area contributed by atoms with Gasteiger partial charge in [0.15, 0.2) is 0 Å². The van der Waals surface area contributed by atoms with Gasteiger partial charge in [0.2, 0.25) is 0 Å². The van der Waals surface area contributed by atoms with Gasteiger partial charge in [0.05, 0.1) is 5.69 Å². The van der Waals surface area contributed by atoms with Crippen LogP contribution in [0.2, 0.25) is 10.0 Å². The summed E-state index contributed by atoms with van der Waals surface area (Å²) < 4.78 is 1.98. The van der Waals surface area contributed by atoms with Crippen molar-refractivity contribution in [3.63, 3.8) is 0 Å². The van der Waals surface area contributed by atoms with Crippen LogP contribution in [0.5, 0.6) is 0 Å². The van der Waals surface area contributed by atoms with Crippen LogP contribution in [0.3, 0.4) is 0 Å². The van der Waals surface area contributed by atoms with E-state index in [9.17, 15) is 0 Å². The minimum atomic E-state index is -0.290. The summed E-state index contributed by atoms with van der Waals surface area (Å²) in [6.45, 7) is 10.2. The third kappa shape index (κ3) is 3.22. The van der Waals surface area contributed by atoms with E-state index in [0.29, 0.717) is 0 Å². The molecule has 1 aromatic carbocycles. The fourth-order valence-electron chi connectivity index (χ4n) is 2.95. The molecule has 0 amide bonds. The summed E-state index contributed by atoms with van der Waals surface area (Å²) in [6.07, 6.45) is 1.95. The van der Waals surface area contributed by atoms with Gasteiger partial charge in [0, 0.05) is 23.5 Å². The molecule has 1 N–H and O–H groups in total. The van der Waals surface area contributed by atoms with Crippen LogP contribution in [0.4, 0.5) is 5.82 Å². The van der Waals surface area contributed by atoms with E-state index in [1.165, 1.54) is 0 Å². The van der Waals surface area contributed by atoms with Gasteiger partial charge in [-0.05, 0) is 31.4 Å². The average Bonchev–Trinajstić information content (AvgIpc) is 2.94. The molecule has 5 heteroatoms. The van der Waals surface area contributed by atoms with Gasteiger partial charge in [-0.3, -0.25) is 0 Å². The third-order valence-electron chi connectivity index (χ3n) is 4.43. The molecule has 1 aliphatic heterocycles. The quantitative estimate of drug-likeness (QED) is 0.761. The SMILES string of the molecule is CC.CCC(C)(c1ccccc1Cl)c1nn2c(c1Cl)NCCC2. The summed E-state index contributed by atoms with van der Waals surface area (Å²) in [6, 6.07) is 7.95. The highest BCUT2D eigenvalue weighted by atomic mass is 35.5. The Hall–Kier alpha value is -1.19. The average molecular weight is 354 g/mol. The molecule has 0 aliphatic carbocycles. The second-order valence-electron chi connectivity index (χ2n) is 5.68. The van der Waals surface area contributed by atoms with Crippen LogP contribution >= 0.6 is 23.2 Å². The predicted molar refractivity (Wildman–Crippen MR) is 99.9 cm³/mol. The normalized spacial score (nSPS) is 15.7. The molecule has 1 aliphatic rings. The van der Waals surface area contributed by atoms with Crippen LogP contribution in [0.25, 0.3) is 0 Å². The zero-order chi connectivity index (χ0) is 17.0. The van der Waals surface area contributed by atoms with E-state index in [1.807, 2.05) is 36.7 Å². The van der Waals surface area contributed by atoms with Gasteiger partial charge in [-0.25, -0.2) is 4.68 Å². The number of hydrogen-bond donors (Lipinski definition) is 1. The van der Waals surface area contributed by atoms with Crippen LogP contribution in [0.1, 0.15) is 51.8 Å². The molecule has 0 saturated carbocycles. The number of aryl methyl sites for hydroxylation is 1. The van der Waals surface area contributed by atoms with E-state index in [2.05, 4.69) is 25.2 Å². The highest BCUT2D eigenvalue weighted by Crippen LogP contribution is 2.43. The van der Waals surface area contributed by atoms with Gasteiger partial charge >= 0.3 is 0 Å². The molecule has 3 nitrogen and oxygen atoms in total. The summed E-state index contributed by atoms with van der Waals surface area (Å²) in [5.74, 6) is 0.935. The van der Waals surface area contributed by atoms with Crippen molar-refractivity contribution in [2.24, 2.45) is 0 Å². The summed E-state index contributed by atoms with van der Waals surface area (Å²) in [4.78, 5) is 0. The van der Waals surface area contributed by atoms with Crippen LogP contribution in [0, 0.1) is 0 Å². The molecule has 1 unspecified atom stereocenters. The van der Waals surface area contributed by atoms with Crippen molar-refractivity contribution in [1.82, 2.24) is 9.78 Å². The Balaban J connectivity index is 0.000000924. The Bertz CT molecular complexity index is 666. The lowest BCUT2D eigenvalue weighted by atomic mass is 9.77. The number of halogens is 2. The molecule has 0 spiro atoms. The molecule has 0 radical (unpaired) electrons. The molecule has 1 atom stereocenters. The summed E-state index contributed by atoms with van der Waals surface area (Å²) in [5.41, 5.74) is 1.69. The lowest BCUT2D eigenvalue weighted by Crippen LogP contribution is -2.24. The summed E-state index contributed by atoms with van der Waals surface area (Å²) in [5, 5.41) is 9.61. The number of rotatable bonds is 3. The van der Waals surface area contributed by atoms with E-state index in [0.717, 1.165) is 53.1 Å². The standard InChI is InChI=1S/C16H19Cl2N3.C2H6/c1-3-16(2,11-7-4-5-8-12(11)17)14-13(18)15-19-9-6-10-21(15)20-14;1-2/h4-5,7-8,19H,3,6,9-10H2,1-2H3;1-2H3. The van der Waals surface area contributed by atoms with Gasteiger partial charge in [-0.1, -0.05) is 62.2 Å². The molecule has 126 valence electrons. The van der Waals surface area contributed by atoms with Gasteiger partial charge in [0.25, 0.3) is 0 Å². The van der Waals surface area contributed by atoms with E-state index in [-0.39, 0.29) is 5.41 Å². The van der Waals surface area contributed by atoms with E-state index >= 15 is 0 Å². The van der Waals surface area contributed by atoms with Crippen molar-refractivity contribution in [3.05, 3.63) is 45.6 Å². The van der Waals surface area contributed by atoms with Gasteiger partial charge in [-0.2, -0.15) is 5.10 Å². The fourth-order valence-corrected chi connectivity index (χ4v) is 3.71. The molecular formula is C18H25Cl2N3. The predicted octanol–water partition coefficient (Wildman–Crippen LogP) is 5.75. The Labute approximate surface area is 149 Å². The van der Waals surface area contributed by atoms with Crippen molar-refractivity contribution in [2.45, 2.75) is 52.5 Å². The highest BCUT2D eigenvalue weighted by molar-refractivity contribution is 6.34. The lowest BCUT2D eigenvalue weighted by molar-refractivity contribution is 0.500.